The Morgan fingerprint density at radius 2 is 2.24 bits per heavy atom. The molecule has 154 valence electrons. The fraction of sp³-hybridized carbons (Fsp3) is 0.333. The molecule has 0 saturated carbocycles. The molecule has 0 aromatic heterocycles. The van der Waals surface area contributed by atoms with Crippen molar-refractivity contribution in [2.24, 2.45) is 5.10 Å². The molecular formula is C18H20F2N5O3S+. The van der Waals surface area contributed by atoms with Gasteiger partial charge in [-0.15, -0.1) is 0 Å². The number of amides is 1. The Kier molecular flexibility index (Phi) is 6.37. The fourth-order valence-corrected chi connectivity index (χ4v) is 2.98. The van der Waals surface area contributed by atoms with Crippen LogP contribution in [0.2, 0.25) is 0 Å². The van der Waals surface area contributed by atoms with E-state index in [4.69, 9.17) is 21.7 Å². The molecule has 0 aliphatic carbocycles. The van der Waals surface area contributed by atoms with Crippen LogP contribution in [0.15, 0.2) is 29.9 Å². The highest BCUT2D eigenvalue weighted by Crippen LogP contribution is 2.30. The van der Waals surface area contributed by atoms with E-state index in [1.165, 1.54) is 23.2 Å². The lowest BCUT2D eigenvalue weighted by atomic mass is 10.2. The average Bonchev–Trinajstić information content (AvgIpc) is 3.07. The molecule has 2 aliphatic rings. The quantitative estimate of drug-likeness (QED) is 0.427. The SMILES string of the molecule is C=CC[N+]1=CCN(c2c(F)cc(N3CC(CNC(=S)OC)OC3=O)cc2F)C=N1. The first-order chi connectivity index (χ1) is 13.9. The lowest BCUT2D eigenvalue weighted by molar-refractivity contribution is -0.519. The van der Waals surface area contributed by atoms with Crippen LogP contribution in [0.1, 0.15) is 0 Å². The van der Waals surface area contributed by atoms with Gasteiger partial charge in [0.25, 0.3) is 5.17 Å². The molecule has 1 aromatic rings. The number of methoxy groups -OCH3 is 1. The molecule has 1 N–H and O–H groups in total. The summed E-state index contributed by atoms with van der Waals surface area (Å²) < 4.78 is 41.0. The van der Waals surface area contributed by atoms with E-state index < -0.39 is 23.8 Å². The number of hydrogen-bond acceptors (Lipinski definition) is 6. The van der Waals surface area contributed by atoms with Gasteiger partial charge in [-0.3, -0.25) is 4.90 Å². The van der Waals surface area contributed by atoms with Crippen molar-refractivity contribution in [1.82, 2.24) is 5.32 Å². The maximum atomic E-state index is 14.7. The van der Waals surface area contributed by atoms with Crippen LogP contribution < -0.4 is 15.1 Å². The van der Waals surface area contributed by atoms with Crippen molar-refractivity contribution in [2.45, 2.75) is 6.10 Å². The Morgan fingerprint density at radius 1 is 1.52 bits per heavy atom. The molecule has 0 radical (unpaired) electrons. The van der Waals surface area contributed by atoms with Crippen molar-refractivity contribution >= 4 is 47.4 Å². The normalized spacial score (nSPS) is 18.4. The maximum Gasteiger partial charge on any atom is 0.414 e. The second-order valence-corrected chi connectivity index (χ2v) is 6.59. The minimum absolute atomic E-state index is 0.0665. The van der Waals surface area contributed by atoms with E-state index in [1.54, 1.807) is 17.0 Å². The van der Waals surface area contributed by atoms with Crippen molar-refractivity contribution < 1.29 is 27.7 Å². The van der Waals surface area contributed by atoms with E-state index in [0.717, 1.165) is 12.1 Å². The van der Waals surface area contributed by atoms with Crippen LogP contribution in [-0.2, 0) is 9.47 Å². The number of benzene rings is 1. The van der Waals surface area contributed by atoms with E-state index in [1.807, 2.05) is 0 Å². The molecule has 1 atom stereocenters. The van der Waals surface area contributed by atoms with Crippen molar-refractivity contribution in [3.63, 3.8) is 0 Å². The first-order valence-electron chi connectivity index (χ1n) is 8.73. The van der Waals surface area contributed by atoms with Crippen molar-refractivity contribution in [3.8, 4) is 0 Å². The zero-order valence-electron chi connectivity index (χ0n) is 15.7. The lowest BCUT2D eigenvalue weighted by Gasteiger charge is -2.21. The number of nitrogens with one attached hydrogen (secondary N) is 1. The highest BCUT2D eigenvalue weighted by Gasteiger charge is 2.34. The second kappa shape index (κ2) is 8.95. The van der Waals surface area contributed by atoms with Crippen LogP contribution in [-0.4, -0.2) is 67.9 Å². The molecule has 1 unspecified atom stereocenters. The largest absolute Gasteiger partial charge is 0.474 e. The fourth-order valence-electron chi connectivity index (χ4n) is 2.90. The number of rotatable bonds is 6. The number of cyclic esters (lactones) is 1. The number of carbonyl (C=O) groups excluding carboxylic acids is 1. The smallest absolute Gasteiger partial charge is 0.414 e. The molecule has 1 fully saturated rings. The van der Waals surface area contributed by atoms with Crippen LogP contribution in [0.3, 0.4) is 0 Å². The number of hydrogen-bond donors (Lipinski definition) is 1. The van der Waals surface area contributed by atoms with E-state index in [-0.39, 0.29) is 36.2 Å². The van der Waals surface area contributed by atoms with Gasteiger partial charge in [-0.2, -0.15) is 0 Å². The number of carbonyl (C=O) groups is 1. The number of nitrogens with zero attached hydrogens (tertiary/aromatic N) is 4. The second-order valence-electron chi connectivity index (χ2n) is 6.22. The number of thiocarbonyl (C=S) groups is 1. The summed E-state index contributed by atoms with van der Waals surface area (Å²) in [6.07, 6.45) is 3.46. The Balaban J connectivity index is 1.73. The van der Waals surface area contributed by atoms with Gasteiger partial charge in [0.1, 0.15) is 18.3 Å². The molecule has 1 aromatic carbocycles. The summed E-state index contributed by atoms with van der Waals surface area (Å²) in [7, 11) is 1.41. The number of halogens is 2. The predicted octanol–water partition coefficient (Wildman–Crippen LogP) is 1.84. The summed E-state index contributed by atoms with van der Waals surface area (Å²) in [5.41, 5.74) is -0.181. The van der Waals surface area contributed by atoms with E-state index in [0.29, 0.717) is 6.54 Å². The molecule has 0 spiro atoms. The van der Waals surface area contributed by atoms with Crippen LogP contribution >= 0.6 is 12.2 Å². The Labute approximate surface area is 171 Å². The van der Waals surface area contributed by atoms with Crippen LogP contribution in [0, 0.1) is 11.6 Å². The van der Waals surface area contributed by atoms with Gasteiger partial charge in [0, 0.05) is 17.2 Å². The molecule has 1 amide bonds. The Bertz CT molecular complexity index is 869. The summed E-state index contributed by atoms with van der Waals surface area (Å²) in [6.45, 7) is 4.69. The van der Waals surface area contributed by atoms with Crippen LogP contribution in [0.4, 0.5) is 25.0 Å². The first kappa shape index (κ1) is 20.6. The summed E-state index contributed by atoms with van der Waals surface area (Å²) in [5.74, 6) is -1.63. The third kappa shape index (κ3) is 4.67. The minimum Gasteiger partial charge on any atom is -0.474 e. The summed E-state index contributed by atoms with van der Waals surface area (Å²) in [6, 6.07) is 2.19. The van der Waals surface area contributed by atoms with Gasteiger partial charge < -0.3 is 19.7 Å². The summed E-state index contributed by atoms with van der Waals surface area (Å²) >= 11 is 4.86. The molecule has 3 rings (SSSR count). The van der Waals surface area contributed by atoms with E-state index in [9.17, 15) is 13.6 Å². The standard InChI is InChI=1S/C18H19F2N5O3S/c1-3-4-24-6-5-23(11-22-24)16-14(19)7-12(8-15(16)20)25-10-13(28-18(25)26)9-21-17(29)27-2/h3,6-8,11,13H,1,4-5,9-10H2,2H3/p+1. The zero-order chi connectivity index (χ0) is 21.0. The van der Waals surface area contributed by atoms with Gasteiger partial charge in [-0.05, 0) is 18.3 Å². The highest BCUT2D eigenvalue weighted by atomic mass is 32.1. The van der Waals surface area contributed by atoms with Crippen molar-refractivity contribution in [1.29, 1.82) is 0 Å². The zero-order valence-corrected chi connectivity index (χ0v) is 16.5. The number of hydrazone groups is 1. The third-order valence-electron chi connectivity index (χ3n) is 4.28. The number of anilines is 2. The molecule has 11 heteroatoms. The topological polar surface area (TPSA) is 69.4 Å². The Morgan fingerprint density at radius 3 is 2.83 bits per heavy atom. The molecule has 29 heavy (non-hydrogen) atoms. The van der Waals surface area contributed by atoms with Crippen molar-refractivity contribution in [2.75, 3.05) is 43.1 Å². The van der Waals surface area contributed by atoms with E-state index in [2.05, 4.69) is 17.0 Å². The lowest BCUT2D eigenvalue weighted by Crippen LogP contribution is -2.34. The van der Waals surface area contributed by atoms with Gasteiger partial charge >= 0.3 is 6.09 Å². The van der Waals surface area contributed by atoms with Gasteiger partial charge in [-0.25, -0.2) is 13.6 Å². The Hall–Kier alpha value is -3.08. The molecule has 0 bridgehead atoms. The third-order valence-corrected chi connectivity index (χ3v) is 4.59. The minimum atomic E-state index is -0.813. The van der Waals surface area contributed by atoms with Gasteiger partial charge in [0.05, 0.1) is 25.9 Å². The van der Waals surface area contributed by atoms with Crippen LogP contribution in [0.5, 0.6) is 0 Å². The summed E-state index contributed by atoms with van der Waals surface area (Å²) in [5, 5.41) is 7.02. The van der Waals surface area contributed by atoms with Gasteiger partial charge in [0.15, 0.2) is 30.7 Å². The molecule has 2 aliphatic heterocycles. The van der Waals surface area contributed by atoms with Gasteiger partial charge in [0.2, 0.25) is 0 Å². The molecule has 1 saturated heterocycles. The van der Waals surface area contributed by atoms with E-state index >= 15 is 0 Å². The molecule has 2 heterocycles. The monoisotopic (exact) mass is 424 g/mol. The average molecular weight is 424 g/mol. The highest BCUT2D eigenvalue weighted by molar-refractivity contribution is 7.80. The first-order valence-corrected chi connectivity index (χ1v) is 9.14. The van der Waals surface area contributed by atoms with Gasteiger partial charge in [-0.1, -0.05) is 11.3 Å². The summed E-state index contributed by atoms with van der Waals surface area (Å²) in [4.78, 5) is 14.6. The maximum absolute atomic E-state index is 14.7. The molecular weight excluding hydrogens is 404 g/mol. The number of ether oxygens (including phenoxy) is 2. The molecule has 8 nitrogen and oxygen atoms in total. The predicted molar refractivity (Wildman–Crippen MR) is 109 cm³/mol. The van der Waals surface area contributed by atoms with Crippen molar-refractivity contribution in [3.05, 3.63) is 36.4 Å². The van der Waals surface area contributed by atoms with Crippen LogP contribution in [0.25, 0.3) is 0 Å².